The lowest BCUT2D eigenvalue weighted by Crippen LogP contribution is -2.49. The van der Waals surface area contributed by atoms with Crippen LogP contribution in [0.15, 0.2) is 0 Å². The Morgan fingerprint density at radius 1 is 1.20 bits per heavy atom. The van der Waals surface area contributed by atoms with E-state index in [1.165, 1.54) is 6.92 Å². The molecular weight excluding hydrogens is 416 g/mol. The van der Waals surface area contributed by atoms with E-state index in [9.17, 15) is 29.1 Å². The standard InChI is InChI=1S/C19H30N2O8S/c1-12(22)10-15(25)29-17-18(27)21-7-6-13(23)20-8-9-30-16(26)5-4-14(24)28-11-19(17,2)3/h12,17,22H,4-11H2,1-3H3,(H,20,23)(H,21,27)/t12-,17-/m0/s1. The largest absolute Gasteiger partial charge is 0.465 e. The summed E-state index contributed by atoms with van der Waals surface area (Å²) in [6, 6.07) is 0. The Hall–Kier alpha value is -2.14. The van der Waals surface area contributed by atoms with E-state index in [4.69, 9.17) is 9.47 Å². The van der Waals surface area contributed by atoms with Crippen molar-refractivity contribution < 1.29 is 38.6 Å². The van der Waals surface area contributed by atoms with Gasteiger partial charge in [0.1, 0.15) is 6.61 Å². The number of thioether (sulfide) groups is 1. The SMILES string of the molecule is C[C@H](O)CC(=O)O[C@H]1C(=O)NCCC(=O)NCCSC(=O)CCC(=O)OCC1(C)C. The van der Waals surface area contributed by atoms with Crippen molar-refractivity contribution in [2.45, 2.75) is 58.7 Å². The van der Waals surface area contributed by atoms with Crippen molar-refractivity contribution in [1.82, 2.24) is 10.6 Å². The molecule has 0 aromatic rings. The monoisotopic (exact) mass is 446 g/mol. The molecule has 0 aliphatic carbocycles. The fraction of sp³-hybridized carbons (Fsp3) is 0.737. The minimum absolute atomic E-state index is 0.00804. The van der Waals surface area contributed by atoms with Crippen molar-refractivity contribution >= 4 is 40.6 Å². The van der Waals surface area contributed by atoms with E-state index in [0.717, 1.165) is 11.8 Å². The second-order valence-corrected chi connectivity index (χ2v) is 8.84. The number of cyclic esters (lactones) is 1. The molecule has 1 saturated heterocycles. The molecule has 2 atom stereocenters. The number of esters is 2. The topological polar surface area (TPSA) is 148 Å². The first kappa shape index (κ1) is 25.9. The van der Waals surface area contributed by atoms with Gasteiger partial charge in [0, 0.05) is 37.1 Å². The number of rotatable bonds is 3. The summed E-state index contributed by atoms with van der Waals surface area (Å²) in [4.78, 5) is 60.3. The van der Waals surface area contributed by atoms with Gasteiger partial charge >= 0.3 is 11.9 Å². The fourth-order valence-electron chi connectivity index (χ4n) is 2.51. The lowest BCUT2D eigenvalue weighted by Gasteiger charge is -2.32. The fourth-order valence-corrected chi connectivity index (χ4v) is 3.19. The van der Waals surface area contributed by atoms with Crippen molar-refractivity contribution in [2.75, 3.05) is 25.4 Å². The van der Waals surface area contributed by atoms with Crippen LogP contribution in [-0.2, 0) is 33.4 Å². The maximum Gasteiger partial charge on any atom is 0.309 e. The second-order valence-electron chi connectivity index (χ2n) is 7.68. The number of ether oxygens (including phenoxy) is 2. The van der Waals surface area contributed by atoms with Gasteiger partial charge in [-0.2, -0.15) is 0 Å². The summed E-state index contributed by atoms with van der Waals surface area (Å²) in [5.74, 6) is -1.95. The molecule has 170 valence electrons. The molecule has 11 heteroatoms. The summed E-state index contributed by atoms with van der Waals surface area (Å²) in [6.45, 7) is 4.64. The first-order valence-electron chi connectivity index (χ1n) is 9.74. The Balaban J connectivity index is 2.93. The third-order valence-electron chi connectivity index (χ3n) is 4.14. The first-order valence-corrected chi connectivity index (χ1v) is 10.7. The van der Waals surface area contributed by atoms with E-state index in [1.54, 1.807) is 13.8 Å². The molecular formula is C19H30N2O8S. The van der Waals surface area contributed by atoms with Crippen molar-refractivity contribution in [3.05, 3.63) is 0 Å². The van der Waals surface area contributed by atoms with Crippen molar-refractivity contribution in [1.29, 1.82) is 0 Å². The molecule has 1 aliphatic rings. The van der Waals surface area contributed by atoms with Gasteiger partial charge in [-0.25, -0.2) is 0 Å². The predicted octanol–water partition coefficient (Wildman–Crippen LogP) is -0.0854. The Morgan fingerprint density at radius 3 is 2.57 bits per heavy atom. The highest BCUT2D eigenvalue weighted by Crippen LogP contribution is 2.25. The lowest BCUT2D eigenvalue weighted by molar-refractivity contribution is -0.170. The van der Waals surface area contributed by atoms with E-state index < -0.39 is 35.5 Å². The third-order valence-corrected chi connectivity index (χ3v) is 5.07. The minimum atomic E-state index is -1.31. The molecule has 0 unspecified atom stereocenters. The van der Waals surface area contributed by atoms with Gasteiger partial charge in [0.25, 0.3) is 5.91 Å². The molecule has 1 rings (SSSR count). The summed E-state index contributed by atoms with van der Waals surface area (Å²) in [5.41, 5.74) is -1.09. The molecule has 1 fully saturated rings. The molecule has 0 bridgehead atoms. The Labute approximate surface area is 179 Å². The van der Waals surface area contributed by atoms with Gasteiger partial charge < -0.3 is 25.2 Å². The normalized spacial score (nSPS) is 23.4. The van der Waals surface area contributed by atoms with Crippen molar-refractivity contribution in [3.8, 4) is 0 Å². The van der Waals surface area contributed by atoms with Crippen LogP contribution >= 0.6 is 11.8 Å². The molecule has 0 spiro atoms. The van der Waals surface area contributed by atoms with Gasteiger partial charge in [-0.15, -0.1) is 0 Å². The Kier molecular flexibility index (Phi) is 10.8. The van der Waals surface area contributed by atoms with Crippen LogP contribution in [0.2, 0.25) is 0 Å². The molecule has 10 nitrogen and oxygen atoms in total. The third kappa shape index (κ3) is 10.1. The maximum atomic E-state index is 12.7. The highest BCUT2D eigenvalue weighted by Gasteiger charge is 2.40. The molecule has 30 heavy (non-hydrogen) atoms. The maximum absolute atomic E-state index is 12.7. The number of nitrogens with one attached hydrogen (secondary N) is 2. The average molecular weight is 447 g/mol. The number of hydrogen-bond acceptors (Lipinski definition) is 9. The van der Waals surface area contributed by atoms with Crippen LogP contribution < -0.4 is 10.6 Å². The quantitative estimate of drug-likeness (QED) is 0.506. The summed E-state index contributed by atoms with van der Waals surface area (Å²) in [7, 11) is 0. The zero-order chi connectivity index (χ0) is 22.7. The van der Waals surface area contributed by atoms with Gasteiger partial charge in [-0.1, -0.05) is 25.6 Å². The van der Waals surface area contributed by atoms with Gasteiger partial charge in [0.05, 0.1) is 18.9 Å². The number of hydrogen-bond donors (Lipinski definition) is 3. The highest BCUT2D eigenvalue weighted by atomic mass is 32.2. The highest BCUT2D eigenvalue weighted by molar-refractivity contribution is 8.13. The van der Waals surface area contributed by atoms with Crippen LogP contribution in [0, 0.1) is 5.41 Å². The van der Waals surface area contributed by atoms with Crippen LogP contribution in [0.4, 0.5) is 0 Å². The zero-order valence-electron chi connectivity index (χ0n) is 17.5. The molecule has 1 aliphatic heterocycles. The van der Waals surface area contributed by atoms with E-state index in [0.29, 0.717) is 5.75 Å². The van der Waals surface area contributed by atoms with Gasteiger partial charge in [-0.3, -0.25) is 24.0 Å². The number of carbonyl (C=O) groups excluding carboxylic acids is 5. The van der Waals surface area contributed by atoms with Gasteiger partial charge in [-0.05, 0) is 6.92 Å². The number of amides is 2. The predicted molar refractivity (Wildman–Crippen MR) is 108 cm³/mol. The number of carbonyl (C=O) groups is 5. The summed E-state index contributed by atoms with van der Waals surface area (Å²) in [5, 5.41) is 14.4. The van der Waals surface area contributed by atoms with Crippen molar-refractivity contribution in [2.24, 2.45) is 5.41 Å². The van der Waals surface area contributed by atoms with E-state index in [1.807, 2.05) is 0 Å². The van der Waals surface area contributed by atoms with E-state index in [2.05, 4.69) is 10.6 Å². The average Bonchev–Trinajstić information content (AvgIpc) is 2.65. The summed E-state index contributed by atoms with van der Waals surface area (Å²) in [6.07, 6.45) is -2.68. The second kappa shape index (κ2) is 12.5. The molecule has 0 aromatic carbocycles. The Bertz CT molecular complexity index is 650. The molecule has 0 saturated carbocycles. The van der Waals surface area contributed by atoms with Crippen LogP contribution in [0.3, 0.4) is 0 Å². The van der Waals surface area contributed by atoms with Crippen LogP contribution in [0.1, 0.15) is 46.5 Å². The lowest BCUT2D eigenvalue weighted by atomic mass is 9.86. The molecule has 2 amide bonds. The van der Waals surface area contributed by atoms with Crippen molar-refractivity contribution in [3.63, 3.8) is 0 Å². The summed E-state index contributed by atoms with van der Waals surface area (Å²) < 4.78 is 10.5. The van der Waals surface area contributed by atoms with Gasteiger partial charge in [0.2, 0.25) is 5.91 Å². The van der Waals surface area contributed by atoms with E-state index in [-0.39, 0.29) is 56.4 Å². The molecule has 0 aromatic heterocycles. The van der Waals surface area contributed by atoms with Gasteiger partial charge in [0.15, 0.2) is 11.2 Å². The zero-order valence-corrected chi connectivity index (χ0v) is 18.3. The minimum Gasteiger partial charge on any atom is -0.465 e. The van der Waals surface area contributed by atoms with E-state index >= 15 is 0 Å². The van der Waals surface area contributed by atoms with Crippen LogP contribution in [-0.4, -0.2) is 71.6 Å². The summed E-state index contributed by atoms with van der Waals surface area (Å²) >= 11 is 1.02. The number of aliphatic hydroxyl groups excluding tert-OH is 1. The van der Waals surface area contributed by atoms with Crippen LogP contribution in [0.25, 0.3) is 0 Å². The first-order chi connectivity index (χ1) is 14.0. The molecule has 1 heterocycles. The molecule has 3 N–H and O–H groups in total. The number of aliphatic hydroxyl groups is 1. The Morgan fingerprint density at radius 2 is 1.90 bits per heavy atom. The smallest absolute Gasteiger partial charge is 0.309 e. The molecule has 0 radical (unpaired) electrons. The van der Waals surface area contributed by atoms with Crippen LogP contribution in [0.5, 0.6) is 0 Å².